The van der Waals surface area contributed by atoms with Crippen molar-refractivity contribution >= 4 is 0 Å². The molecular weight excluding hydrogens is 336 g/mol. The first-order chi connectivity index (χ1) is 12.7. The number of hydrogen-bond acceptors (Lipinski definition) is 3. The zero-order valence-electron chi connectivity index (χ0n) is 17.6. The molecule has 7 fully saturated rings. The van der Waals surface area contributed by atoms with Gasteiger partial charge in [-0.15, -0.1) is 0 Å². The van der Waals surface area contributed by atoms with Gasteiger partial charge in [-0.25, -0.2) is 0 Å². The van der Waals surface area contributed by atoms with Gasteiger partial charge in [0.2, 0.25) is 0 Å². The van der Waals surface area contributed by atoms with Crippen molar-refractivity contribution in [1.29, 1.82) is 0 Å². The lowest BCUT2D eigenvalue weighted by atomic mass is 9.33. The molecule has 0 aromatic rings. The monoisotopic (exact) mass is 372 g/mol. The van der Waals surface area contributed by atoms with Crippen LogP contribution in [0.25, 0.3) is 0 Å². The molecule has 9 atom stereocenters. The second-order valence-electron chi connectivity index (χ2n) is 11.6. The van der Waals surface area contributed by atoms with E-state index >= 15 is 0 Å². The SMILES string of the molecule is C=C1[C@H]2CCC34C(C2)[C@@]25CCC[C@@](C)(CO[C@H]2C)C5C[C@H]3OC(C)(C)O[C@@H]14. The lowest BCUT2D eigenvalue weighted by Crippen LogP contribution is -2.77. The van der Waals surface area contributed by atoms with Crippen molar-refractivity contribution in [3.63, 3.8) is 0 Å². The molecule has 1 spiro atoms. The molecule has 2 heterocycles. The van der Waals surface area contributed by atoms with Crippen LogP contribution >= 0.6 is 0 Å². The van der Waals surface area contributed by atoms with E-state index in [2.05, 4.69) is 34.3 Å². The van der Waals surface area contributed by atoms with Crippen LogP contribution in [-0.2, 0) is 14.2 Å². The topological polar surface area (TPSA) is 27.7 Å². The van der Waals surface area contributed by atoms with Gasteiger partial charge in [-0.1, -0.05) is 19.9 Å². The Morgan fingerprint density at radius 3 is 2.59 bits per heavy atom. The summed E-state index contributed by atoms with van der Waals surface area (Å²) < 4.78 is 20.0. The average molecular weight is 373 g/mol. The van der Waals surface area contributed by atoms with E-state index in [0.29, 0.717) is 34.9 Å². The van der Waals surface area contributed by atoms with Gasteiger partial charge in [0.05, 0.1) is 24.9 Å². The predicted molar refractivity (Wildman–Crippen MR) is 104 cm³/mol. The summed E-state index contributed by atoms with van der Waals surface area (Å²) in [5, 5.41) is 0. The molecule has 3 unspecified atom stereocenters. The van der Waals surface area contributed by atoms with Gasteiger partial charge in [0.25, 0.3) is 0 Å². The van der Waals surface area contributed by atoms with E-state index in [4.69, 9.17) is 14.2 Å². The van der Waals surface area contributed by atoms with Gasteiger partial charge in [-0.05, 0) is 88.0 Å². The van der Waals surface area contributed by atoms with Crippen LogP contribution in [0.2, 0.25) is 0 Å². The summed E-state index contributed by atoms with van der Waals surface area (Å²) in [6.07, 6.45) is 9.90. The maximum Gasteiger partial charge on any atom is 0.163 e. The van der Waals surface area contributed by atoms with Crippen LogP contribution in [0.4, 0.5) is 0 Å². The molecule has 7 aliphatic rings. The fourth-order valence-electron chi connectivity index (χ4n) is 9.26. The summed E-state index contributed by atoms with van der Waals surface area (Å²) in [5.74, 6) is 1.52. The molecule has 7 rings (SSSR count). The van der Waals surface area contributed by atoms with Crippen LogP contribution < -0.4 is 0 Å². The van der Waals surface area contributed by atoms with Gasteiger partial charge in [0.15, 0.2) is 5.79 Å². The Hall–Kier alpha value is -0.380. The Morgan fingerprint density at radius 1 is 0.963 bits per heavy atom. The van der Waals surface area contributed by atoms with Crippen LogP contribution in [0, 0.1) is 34.0 Å². The predicted octanol–water partition coefficient (Wildman–Crippen LogP) is 5.09. The minimum absolute atomic E-state index is 0.130. The molecular formula is C24H36O3. The first-order valence-electron chi connectivity index (χ1n) is 11.4. The smallest absolute Gasteiger partial charge is 0.163 e. The van der Waals surface area contributed by atoms with E-state index in [1.54, 1.807) is 0 Å². The summed E-state index contributed by atoms with van der Waals surface area (Å²) in [6, 6.07) is 0. The molecule has 27 heavy (non-hydrogen) atoms. The van der Waals surface area contributed by atoms with E-state index in [1.807, 2.05) is 0 Å². The Morgan fingerprint density at radius 2 is 1.78 bits per heavy atom. The third kappa shape index (κ3) is 1.86. The lowest BCUT2D eigenvalue weighted by Gasteiger charge is -2.76. The number of hydrogen-bond donors (Lipinski definition) is 0. The highest BCUT2D eigenvalue weighted by Crippen LogP contribution is 2.76. The largest absolute Gasteiger partial charge is 0.377 e. The summed E-state index contributed by atoms with van der Waals surface area (Å²) in [6.45, 7) is 14.6. The minimum atomic E-state index is -0.497. The second-order valence-corrected chi connectivity index (χ2v) is 11.6. The van der Waals surface area contributed by atoms with Crippen LogP contribution in [0.15, 0.2) is 12.2 Å². The Balaban J connectivity index is 1.55. The summed E-state index contributed by atoms with van der Waals surface area (Å²) in [5.41, 5.74) is 2.14. The third-order valence-electron chi connectivity index (χ3n) is 10.2. The molecule has 2 saturated heterocycles. The Labute approximate surface area is 164 Å². The average Bonchev–Trinajstić information content (AvgIpc) is 2.61. The van der Waals surface area contributed by atoms with Gasteiger partial charge in [0.1, 0.15) is 0 Å². The molecule has 0 N–H and O–H groups in total. The van der Waals surface area contributed by atoms with E-state index in [-0.39, 0.29) is 11.5 Å². The van der Waals surface area contributed by atoms with Crippen molar-refractivity contribution in [2.24, 2.45) is 34.0 Å². The van der Waals surface area contributed by atoms with Crippen molar-refractivity contribution in [3.8, 4) is 0 Å². The van der Waals surface area contributed by atoms with E-state index in [1.165, 1.54) is 50.5 Å². The van der Waals surface area contributed by atoms with Crippen LogP contribution in [0.5, 0.6) is 0 Å². The van der Waals surface area contributed by atoms with Crippen LogP contribution in [0.1, 0.15) is 72.6 Å². The molecule has 150 valence electrons. The number of ether oxygens (including phenoxy) is 3. The van der Waals surface area contributed by atoms with Gasteiger partial charge < -0.3 is 14.2 Å². The van der Waals surface area contributed by atoms with Crippen molar-refractivity contribution in [2.45, 2.75) is 96.7 Å². The van der Waals surface area contributed by atoms with Crippen molar-refractivity contribution in [2.75, 3.05) is 6.61 Å². The van der Waals surface area contributed by atoms with Crippen molar-refractivity contribution in [3.05, 3.63) is 12.2 Å². The summed E-state index contributed by atoms with van der Waals surface area (Å²) >= 11 is 0. The zero-order valence-corrected chi connectivity index (χ0v) is 17.6. The molecule has 0 aromatic heterocycles. The highest BCUT2D eigenvalue weighted by molar-refractivity contribution is 5.31. The van der Waals surface area contributed by atoms with E-state index in [9.17, 15) is 0 Å². The highest BCUT2D eigenvalue weighted by atomic mass is 16.7. The number of fused-ring (bicyclic) bond motifs is 1. The van der Waals surface area contributed by atoms with E-state index in [0.717, 1.165) is 12.5 Å². The maximum absolute atomic E-state index is 6.77. The van der Waals surface area contributed by atoms with Gasteiger partial charge >= 0.3 is 0 Å². The quantitative estimate of drug-likeness (QED) is 0.554. The highest BCUT2D eigenvalue weighted by Gasteiger charge is 2.76. The fraction of sp³-hybridized carbons (Fsp3) is 0.917. The lowest BCUT2D eigenvalue weighted by molar-refractivity contribution is -0.408. The maximum atomic E-state index is 6.77. The molecule has 4 bridgehead atoms. The third-order valence-corrected chi connectivity index (χ3v) is 10.2. The molecule has 0 amide bonds. The molecule has 0 aromatic carbocycles. The standard InChI is InChI=1S/C24H36O3/c1-14-16-7-10-24-18(11-16)23-9-6-8-22(5,13-25-15(23)2)17(23)12-19(24)26-21(3,4)27-20(14)24/h15-20H,1,6-13H2,2-5H3/t15-,16-,17?,18?,19+,20-,22-,23-,24?/m0/s1. The Kier molecular flexibility index (Phi) is 3.25. The van der Waals surface area contributed by atoms with Crippen molar-refractivity contribution in [1.82, 2.24) is 0 Å². The van der Waals surface area contributed by atoms with Crippen LogP contribution in [0.3, 0.4) is 0 Å². The minimum Gasteiger partial charge on any atom is -0.377 e. The van der Waals surface area contributed by atoms with Gasteiger partial charge in [-0.3, -0.25) is 0 Å². The zero-order chi connectivity index (χ0) is 18.8. The first-order valence-corrected chi connectivity index (χ1v) is 11.4. The molecule has 3 heteroatoms. The van der Waals surface area contributed by atoms with Gasteiger partial charge in [-0.2, -0.15) is 0 Å². The second kappa shape index (κ2) is 5.02. The van der Waals surface area contributed by atoms with Gasteiger partial charge in [0, 0.05) is 10.8 Å². The molecule has 2 aliphatic heterocycles. The first kappa shape index (κ1) is 17.5. The summed E-state index contributed by atoms with van der Waals surface area (Å²) in [7, 11) is 0. The normalized spacial score (nSPS) is 60.5. The Bertz CT molecular complexity index is 700. The summed E-state index contributed by atoms with van der Waals surface area (Å²) in [4.78, 5) is 0. The van der Waals surface area contributed by atoms with E-state index < -0.39 is 5.79 Å². The van der Waals surface area contributed by atoms with Crippen LogP contribution in [-0.4, -0.2) is 30.7 Å². The molecule has 0 radical (unpaired) electrons. The number of rotatable bonds is 0. The van der Waals surface area contributed by atoms with Crippen molar-refractivity contribution < 1.29 is 14.2 Å². The molecule has 5 saturated carbocycles. The molecule has 3 nitrogen and oxygen atoms in total. The fourth-order valence-corrected chi connectivity index (χ4v) is 9.26. The molecule has 5 aliphatic carbocycles.